The molecule has 1 aliphatic heterocycles. The Labute approximate surface area is 168 Å². The van der Waals surface area contributed by atoms with Crippen molar-refractivity contribution >= 4 is 34.2 Å². The summed E-state index contributed by atoms with van der Waals surface area (Å²) < 4.78 is 5.85. The van der Waals surface area contributed by atoms with E-state index in [1.54, 1.807) is 0 Å². The van der Waals surface area contributed by atoms with E-state index in [1.165, 1.54) is 6.20 Å². The Morgan fingerprint density at radius 3 is 2.79 bits per heavy atom. The SMILES string of the molecule is O=C(NCCOc1cccc2ccccc12)c1nc(N2CCCC2)ncc1Cl. The summed E-state index contributed by atoms with van der Waals surface area (Å²) in [4.78, 5) is 23.2. The highest BCUT2D eigenvalue weighted by atomic mass is 35.5. The molecule has 1 N–H and O–H groups in total. The van der Waals surface area contributed by atoms with Gasteiger partial charge in [0, 0.05) is 18.5 Å². The zero-order valence-electron chi connectivity index (χ0n) is 15.4. The lowest BCUT2D eigenvalue weighted by atomic mass is 10.1. The first kappa shape index (κ1) is 18.5. The Balaban J connectivity index is 1.36. The number of aromatic nitrogens is 2. The predicted molar refractivity (Wildman–Crippen MR) is 110 cm³/mol. The van der Waals surface area contributed by atoms with Gasteiger partial charge in [-0.05, 0) is 24.3 Å². The number of fused-ring (bicyclic) bond motifs is 1. The number of halogens is 1. The number of carbonyl (C=O) groups is 1. The highest BCUT2D eigenvalue weighted by Crippen LogP contribution is 2.25. The third-order valence-electron chi connectivity index (χ3n) is 4.73. The van der Waals surface area contributed by atoms with Gasteiger partial charge in [-0.3, -0.25) is 4.79 Å². The van der Waals surface area contributed by atoms with Crippen LogP contribution in [-0.2, 0) is 0 Å². The average molecular weight is 397 g/mol. The number of anilines is 1. The first-order chi connectivity index (χ1) is 13.7. The Morgan fingerprint density at radius 1 is 1.14 bits per heavy atom. The van der Waals surface area contributed by atoms with Crippen molar-refractivity contribution < 1.29 is 9.53 Å². The molecule has 2 aromatic carbocycles. The zero-order chi connectivity index (χ0) is 19.3. The summed E-state index contributed by atoms with van der Waals surface area (Å²) in [6, 6.07) is 14.0. The van der Waals surface area contributed by atoms with E-state index >= 15 is 0 Å². The van der Waals surface area contributed by atoms with E-state index in [4.69, 9.17) is 16.3 Å². The van der Waals surface area contributed by atoms with Gasteiger partial charge in [0.15, 0.2) is 5.69 Å². The number of carbonyl (C=O) groups excluding carboxylic acids is 1. The minimum Gasteiger partial charge on any atom is -0.491 e. The molecule has 6 nitrogen and oxygen atoms in total. The second kappa shape index (κ2) is 8.44. The van der Waals surface area contributed by atoms with E-state index < -0.39 is 0 Å². The molecule has 1 fully saturated rings. The Bertz CT molecular complexity index is 984. The number of hydrogen-bond acceptors (Lipinski definition) is 5. The lowest BCUT2D eigenvalue weighted by Gasteiger charge is -2.16. The van der Waals surface area contributed by atoms with E-state index in [2.05, 4.69) is 20.2 Å². The molecule has 1 aliphatic rings. The standard InChI is InChI=1S/C21H21ClN4O2/c22-17-14-24-21(26-11-3-4-12-26)25-19(17)20(27)23-10-13-28-18-9-5-7-15-6-1-2-8-16(15)18/h1-2,5-9,14H,3-4,10-13H2,(H,23,27). The van der Waals surface area contributed by atoms with Gasteiger partial charge in [0.2, 0.25) is 5.95 Å². The second-order valence-corrected chi connectivity index (χ2v) is 7.05. The number of hydrogen-bond donors (Lipinski definition) is 1. The molecule has 1 saturated heterocycles. The summed E-state index contributed by atoms with van der Waals surface area (Å²) in [5, 5.41) is 5.23. The third kappa shape index (κ3) is 4.02. The van der Waals surface area contributed by atoms with Gasteiger partial charge in [-0.2, -0.15) is 0 Å². The normalized spacial score (nSPS) is 13.7. The molecular weight excluding hydrogens is 376 g/mol. The van der Waals surface area contributed by atoms with Crippen molar-refractivity contribution in [2.24, 2.45) is 0 Å². The molecule has 2 heterocycles. The quantitative estimate of drug-likeness (QED) is 0.643. The summed E-state index contributed by atoms with van der Waals surface area (Å²) in [7, 11) is 0. The summed E-state index contributed by atoms with van der Waals surface area (Å²) in [6.45, 7) is 2.51. The van der Waals surface area contributed by atoms with Crippen molar-refractivity contribution in [3.8, 4) is 5.75 Å². The van der Waals surface area contributed by atoms with E-state index in [0.29, 0.717) is 19.1 Å². The number of amides is 1. The number of nitrogens with one attached hydrogen (secondary N) is 1. The highest BCUT2D eigenvalue weighted by Gasteiger charge is 2.19. The number of nitrogens with zero attached hydrogens (tertiary/aromatic N) is 3. The van der Waals surface area contributed by atoms with Crippen LogP contribution in [0.2, 0.25) is 5.02 Å². The van der Waals surface area contributed by atoms with Gasteiger partial charge in [-0.15, -0.1) is 0 Å². The molecule has 0 unspecified atom stereocenters. The molecule has 1 amide bonds. The molecule has 28 heavy (non-hydrogen) atoms. The van der Waals surface area contributed by atoms with Gasteiger partial charge in [0.25, 0.3) is 5.91 Å². The lowest BCUT2D eigenvalue weighted by Crippen LogP contribution is -2.30. The summed E-state index contributed by atoms with van der Waals surface area (Å²) in [6.07, 6.45) is 3.71. The maximum atomic E-state index is 12.5. The largest absolute Gasteiger partial charge is 0.491 e. The monoisotopic (exact) mass is 396 g/mol. The second-order valence-electron chi connectivity index (χ2n) is 6.64. The maximum absolute atomic E-state index is 12.5. The number of benzene rings is 2. The van der Waals surface area contributed by atoms with Gasteiger partial charge >= 0.3 is 0 Å². The fraction of sp³-hybridized carbons (Fsp3) is 0.286. The fourth-order valence-corrected chi connectivity index (χ4v) is 3.49. The molecular formula is C21H21ClN4O2. The van der Waals surface area contributed by atoms with Crippen LogP contribution in [0.5, 0.6) is 5.75 Å². The third-order valence-corrected chi connectivity index (χ3v) is 5.01. The molecule has 7 heteroatoms. The van der Waals surface area contributed by atoms with Crippen molar-refractivity contribution in [3.05, 3.63) is 59.4 Å². The topological polar surface area (TPSA) is 67.3 Å². The molecule has 1 aromatic heterocycles. The van der Waals surface area contributed by atoms with Crippen LogP contribution >= 0.6 is 11.6 Å². The minimum atomic E-state index is -0.325. The number of rotatable bonds is 6. The smallest absolute Gasteiger partial charge is 0.271 e. The summed E-state index contributed by atoms with van der Waals surface area (Å²) in [5.74, 6) is 1.03. The van der Waals surface area contributed by atoms with E-state index in [1.807, 2.05) is 42.5 Å². The Hall–Kier alpha value is -2.86. The summed E-state index contributed by atoms with van der Waals surface area (Å²) in [5.41, 5.74) is 0.198. The molecule has 0 aliphatic carbocycles. The Kier molecular flexibility index (Phi) is 5.58. The predicted octanol–water partition coefficient (Wildman–Crippen LogP) is 3.69. The van der Waals surface area contributed by atoms with Crippen LogP contribution < -0.4 is 15.0 Å². The molecule has 0 atom stereocenters. The molecule has 144 valence electrons. The molecule has 0 spiro atoms. The van der Waals surface area contributed by atoms with Gasteiger partial charge < -0.3 is 15.0 Å². The molecule has 0 bridgehead atoms. The van der Waals surface area contributed by atoms with Gasteiger partial charge in [-0.1, -0.05) is 48.0 Å². The maximum Gasteiger partial charge on any atom is 0.271 e. The van der Waals surface area contributed by atoms with E-state index in [9.17, 15) is 4.79 Å². The van der Waals surface area contributed by atoms with Gasteiger partial charge in [0.05, 0.1) is 17.8 Å². The van der Waals surface area contributed by atoms with Gasteiger partial charge in [0.1, 0.15) is 12.4 Å². The first-order valence-corrected chi connectivity index (χ1v) is 9.76. The van der Waals surface area contributed by atoms with Crippen LogP contribution in [0.3, 0.4) is 0 Å². The van der Waals surface area contributed by atoms with Crippen LogP contribution in [0, 0.1) is 0 Å². The van der Waals surface area contributed by atoms with Crippen molar-refractivity contribution in [2.75, 3.05) is 31.1 Å². The minimum absolute atomic E-state index is 0.198. The highest BCUT2D eigenvalue weighted by molar-refractivity contribution is 6.33. The van der Waals surface area contributed by atoms with E-state index in [0.717, 1.165) is 42.5 Å². The van der Waals surface area contributed by atoms with Crippen LogP contribution in [0.1, 0.15) is 23.3 Å². The molecule has 0 saturated carbocycles. The van der Waals surface area contributed by atoms with Crippen molar-refractivity contribution in [3.63, 3.8) is 0 Å². The lowest BCUT2D eigenvalue weighted by molar-refractivity contribution is 0.0942. The molecule has 0 radical (unpaired) electrons. The van der Waals surface area contributed by atoms with Crippen molar-refractivity contribution in [2.45, 2.75) is 12.8 Å². The van der Waals surface area contributed by atoms with Crippen LogP contribution in [0.15, 0.2) is 48.7 Å². The van der Waals surface area contributed by atoms with Crippen LogP contribution in [-0.4, -0.2) is 42.1 Å². The van der Waals surface area contributed by atoms with E-state index in [-0.39, 0.29) is 16.6 Å². The Morgan fingerprint density at radius 2 is 1.93 bits per heavy atom. The average Bonchev–Trinajstić information content (AvgIpc) is 3.26. The van der Waals surface area contributed by atoms with Crippen LogP contribution in [0.25, 0.3) is 10.8 Å². The van der Waals surface area contributed by atoms with Crippen LogP contribution in [0.4, 0.5) is 5.95 Å². The van der Waals surface area contributed by atoms with Crippen molar-refractivity contribution in [1.82, 2.24) is 15.3 Å². The number of ether oxygens (including phenoxy) is 1. The molecule has 3 aromatic rings. The zero-order valence-corrected chi connectivity index (χ0v) is 16.2. The van der Waals surface area contributed by atoms with Gasteiger partial charge in [-0.25, -0.2) is 9.97 Å². The fourth-order valence-electron chi connectivity index (χ4n) is 3.32. The first-order valence-electron chi connectivity index (χ1n) is 9.38. The molecule has 4 rings (SSSR count). The summed E-state index contributed by atoms with van der Waals surface area (Å²) >= 11 is 6.14. The van der Waals surface area contributed by atoms with Crippen molar-refractivity contribution in [1.29, 1.82) is 0 Å².